The number of nitrogens with zero attached hydrogens (tertiary/aromatic N) is 5. The second-order valence-electron chi connectivity index (χ2n) is 7.08. The quantitative estimate of drug-likeness (QED) is 0.441. The highest BCUT2D eigenvalue weighted by Gasteiger charge is 2.20. The zero-order chi connectivity index (χ0) is 21.7. The van der Waals surface area contributed by atoms with Crippen LogP contribution in [0.4, 0.5) is 4.39 Å². The fourth-order valence-electron chi connectivity index (χ4n) is 3.80. The molecule has 31 heavy (non-hydrogen) atoms. The summed E-state index contributed by atoms with van der Waals surface area (Å²) < 4.78 is 29.1. The lowest BCUT2D eigenvalue weighted by Crippen LogP contribution is -2.08. The number of methoxy groups -OCH3 is 1. The molecule has 0 amide bonds. The van der Waals surface area contributed by atoms with Crippen molar-refractivity contribution >= 4 is 22.3 Å². The molecular formula is C22H18FN5O3. The fourth-order valence-corrected chi connectivity index (χ4v) is 3.80. The van der Waals surface area contributed by atoms with Crippen molar-refractivity contribution in [1.29, 1.82) is 0 Å². The van der Waals surface area contributed by atoms with Crippen LogP contribution in [-0.4, -0.2) is 31.4 Å². The molecule has 0 unspecified atom stereocenters. The maximum Gasteiger partial charge on any atom is 0.419 e. The topological polar surface area (TPSA) is 88.0 Å². The number of halogens is 1. The maximum atomic E-state index is 14.9. The number of hydrogen-bond donors (Lipinski definition) is 0. The molecule has 0 aliphatic rings. The van der Waals surface area contributed by atoms with E-state index in [9.17, 15) is 9.18 Å². The summed E-state index contributed by atoms with van der Waals surface area (Å²) in [4.78, 5) is 16.4. The van der Waals surface area contributed by atoms with Crippen molar-refractivity contribution in [3.05, 3.63) is 59.2 Å². The van der Waals surface area contributed by atoms with Crippen LogP contribution in [0.2, 0.25) is 0 Å². The van der Waals surface area contributed by atoms with Gasteiger partial charge in [0.05, 0.1) is 25.2 Å². The third kappa shape index (κ3) is 2.81. The van der Waals surface area contributed by atoms with Crippen LogP contribution in [0, 0.1) is 5.82 Å². The Kier molecular flexibility index (Phi) is 4.32. The van der Waals surface area contributed by atoms with Gasteiger partial charge in [0, 0.05) is 30.3 Å². The van der Waals surface area contributed by atoms with E-state index in [1.54, 1.807) is 43.8 Å². The molecule has 0 saturated heterocycles. The van der Waals surface area contributed by atoms with Crippen molar-refractivity contribution in [3.63, 3.8) is 0 Å². The Bertz CT molecular complexity index is 1520. The minimum Gasteiger partial charge on any atom is -0.492 e. The monoisotopic (exact) mass is 419 g/mol. The molecule has 0 N–H and O–H groups in total. The Morgan fingerprint density at radius 2 is 2.00 bits per heavy atom. The zero-order valence-corrected chi connectivity index (χ0v) is 17.1. The van der Waals surface area contributed by atoms with Gasteiger partial charge in [-0.1, -0.05) is 6.07 Å². The number of ether oxygens (including phenoxy) is 1. The third-order valence-electron chi connectivity index (χ3n) is 5.43. The van der Waals surface area contributed by atoms with E-state index in [4.69, 9.17) is 9.15 Å². The number of rotatable bonds is 4. The molecule has 0 aliphatic heterocycles. The predicted octanol–water partition coefficient (Wildman–Crippen LogP) is 3.77. The van der Waals surface area contributed by atoms with Gasteiger partial charge in [-0.05, 0) is 36.8 Å². The van der Waals surface area contributed by atoms with E-state index in [1.807, 2.05) is 11.5 Å². The van der Waals surface area contributed by atoms with E-state index in [-0.39, 0.29) is 5.58 Å². The van der Waals surface area contributed by atoms with E-state index in [1.165, 1.54) is 17.7 Å². The van der Waals surface area contributed by atoms with Crippen molar-refractivity contribution < 1.29 is 13.5 Å². The SMILES string of the molecule is CCn1cnc2c(-c3ccc(F)c(-c4ccc5c(oc(=O)n5C)c4OC)c3)cnnc21. The van der Waals surface area contributed by atoms with Crippen LogP contribution in [-0.2, 0) is 13.6 Å². The number of oxazole rings is 1. The molecule has 5 aromatic rings. The molecule has 0 saturated carbocycles. The second kappa shape index (κ2) is 7.05. The summed E-state index contributed by atoms with van der Waals surface area (Å²) in [5, 5.41) is 8.28. The lowest BCUT2D eigenvalue weighted by atomic mass is 9.98. The van der Waals surface area contributed by atoms with Crippen molar-refractivity contribution in [2.24, 2.45) is 7.05 Å². The zero-order valence-electron chi connectivity index (χ0n) is 17.1. The summed E-state index contributed by atoms with van der Waals surface area (Å²) >= 11 is 0. The minimum absolute atomic E-state index is 0.270. The molecule has 0 atom stereocenters. The van der Waals surface area contributed by atoms with E-state index in [0.29, 0.717) is 40.1 Å². The summed E-state index contributed by atoms with van der Waals surface area (Å²) in [6.45, 7) is 2.71. The molecule has 0 spiro atoms. The van der Waals surface area contributed by atoms with Crippen molar-refractivity contribution in [2.45, 2.75) is 13.5 Å². The Labute approximate surface area is 175 Å². The van der Waals surface area contributed by atoms with Crippen molar-refractivity contribution in [3.8, 4) is 28.0 Å². The number of fused-ring (bicyclic) bond motifs is 2. The van der Waals surface area contributed by atoms with Gasteiger partial charge in [0.15, 0.2) is 17.0 Å². The molecule has 0 fully saturated rings. The molecular weight excluding hydrogens is 401 g/mol. The first-order chi connectivity index (χ1) is 15.0. The Balaban J connectivity index is 1.74. The highest BCUT2D eigenvalue weighted by atomic mass is 19.1. The number of benzene rings is 2. The number of hydrogen-bond acceptors (Lipinski definition) is 6. The first kappa shape index (κ1) is 19.0. The summed E-state index contributed by atoms with van der Waals surface area (Å²) in [5.74, 6) is -0.659. The Hall–Kier alpha value is -4.01. The molecule has 9 heteroatoms. The van der Waals surface area contributed by atoms with Gasteiger partial charge in [-0.25, -0.2) is 14.2 Å². The van der Waals surface area contributed by atoms with Crippen molar-refractivity contribution in [1.82, 2.24) is 24.3 Å². The lowest BCUT2D eigenvalue weighted by Gasteiger charge is -2.12. The lowest BCUT2D eigenvalue weighted by molar-refractivity contribution is 0.408. The number of aryl methyl sites for hydroxylation is 2. The predicted molar refractivity (Wildman–Crippen MR) is 113 cm³/mol. The molecule has 0 radical (unpaired) electrons. The van der Waals surface area contributed by atoms with Gasteiger partial charge in [0.1, 0.15) is 11.3 Å². The van der Waals surface area contributed by atoms with E-state index in [0.717, 1.165) is 11.1 Å². The molecule has 5 rings (SSSR count). The first-order valence-corrected chi connectivity index (χ1v) is 9.66. The summed E-state index contributed by atoms with van der Waals surface area (Å²) in [6, 6.07) is 8.19. The molecule has 3 aromatic heterocycles. The summed E-state index contributed by atoms with van der Waals surface area (Å²) in [5.41, 5.74) is 4.43. The maximum absolute atomic E-state index is 14.9. The molecule has 0 bridgehead atoms. The summed E-state index contributed by atoms with van der Waals surface area (Å²) in [7, 11) is 3.06. The smallest absolute Gasteiger partial charge is 0.419 e. The van der Waals surface area contributed by atoms with Crippen LogP contribution in [0.25, 0.3) is 44.5 Å². The van der Waals surface area contributed by atoms with Gasteiger partial charge in [0.25, 0.3) is 0 Å². The average Bonchev–Trinajstić information content (AvgIpc) is 3.34. The normalized spacial score (nSPS) is 11.5. The van der Waals surface area contributed by atoms with Crippen molar-refractivity contribution in [2.75, 3.05) is 7.11 Å². The second-order valence-corrected chi connectivity index (χ2v) is 7.08. The van der Waals surface area contributed by atoms with Gasteiger partial charge < -0.3 is 13.7 Å². The van der Waals surface area contributed by atoms with Gasteiger partial charge >= 0.3 is 5.76 Å². The molecule has 3 heterocycles. The minimum atomic E-state index is -0.517. The standard InChI is InChI=1S/C22H18FN5O3/c1-4-28-11-24-18-15(10-25-26-21(18)28)12-5-7-16(23)14(9-12)13-6-8-17-20(19(13)30-3)31-22(29)27(17)2/h5-11H,4H2,1-3H3. The Morgan fingerprint density at radius 1 is 1.16 bits per heavy atom. The third-order valence-corrected chi connectivity index (χ3v) is 5.43. The van der Waals surface area contributed by atoms with E-state index >= 15 is 0 Å². The number of imidazole rings is 1. The highest BCUT2D eigenvalue weighted by molar-refractivity contribution is 5.93. The fraction of sp³-hybridized carbons (Fsp3) is 0.182. The van der Waals surface area contributed by atoms with Gasteiger partial charge in [-0.15, -0.1) is 5.10 Å². The molecule has 0 aliphatic carbocycles. The van der Waals surface area contributed by atoms with Gasteiger partial charge in [-0.2, -0.15) is 5.10 Å². The average molecular weight is 419 g/mol. The molecule has 8 nitrogen and oxygen atoms in total. The highest BCUT2D eigenvalue weighted by Crippen LogP contribution is 2.39. The Morgan fingerprint density at radius 3 is 2.77 bits per heavy atom. The van der Waals surface area contributed by atoms with E-state index < -0.39 is 11.6 Å². The first-order valence-electron chi connectivity index (χ1n) is 9.66. The van der Waals surface area contributed by atoms with Gasteiger partial charge in [-0.3, -0.25) is 4.57 Å². The molecule has 156 valence electrons. The van der Waals surface area contributed by atoms with Crippen LogP contribution in [0.5, 0.6) is 5.75 Å². The number of aromatic nitrogens is 5. The van der Waals surface area contributed by atoms with Crippen LogP contribution in [0.3, 0.4) is 0 Å². The van der Waals surface area contributed by atoms with Gasteiger partial charge in [0.2, 0.25) is 0 Å². The molecule has 2 aromatic carbocycles. The largest absolute Gasteiger partial charge is 0.492 e. The van der Waals surface area contributed by atoms with E-state index in [2.05, 4.69) is 15.2 Å². The summed E-state index contributed by atoms with van der Waals surface area (Å²) in [6.07, 6.45) is 3.32. The van der Waals surface area contributed by atoms with Crippen LogP contribution in [0.1, 0.15) is 6.92 Å². The van der Waals surface area contributed by atoms with Crippen LogP contribution < -0.4 is 10.5 Å². The van der Waals surface area contributed by atoms with Crippen LogP contribution in [0.15, 0.2) is 52.1 Å². The van der Waals surface area contributed by atoms with Crippen LogP contribution >= 0.6 is 0 Å².